The molecule has 0 aromatic heterocycles. The van der Waals surface area contributed by atoms with E-state index in [1.54, 1.807) is 0 Å². The molecule has 0 aliphatic heterocycles. The maximum Gasteiger partial charge on any atom is 0.118 e. The van der Waals surface area contributed by atoms with Crippen LogP contribution in [0.5, 0.6) is 0 Å². The molecule has 4 rings (SSSR count). The van der Waals surface area contributed by atoms with Crippen LogP contribution in [0.4, 0.5) is 0 Å². The van der Waals surface area contributed by atoms with Crippen LogP contribution in [-0.4, -0.2) is 9.52 Å². The molecule has 2 atom stereocenters. The number of fused-ring (bicyclic) bond motifs is 2. The Labute approximate surface area is 183 Å². The molecule has 0 nitrogen and oxygen atoms in total. The molecular formula is C22H20Cl2SiTi. The van der Waals surface area contributed by atoms with E-state index < -0.39 is 8.99 Å². The van der Waals surface area contributed by atoms with Crippen LogP contribution in [-0.2, 0) is 30.7 Å². The second-order valence-corrected chi connectivity index (χ2v) is 10.6. The molecule has 0 spiro atoms. The minimum absolute atomic E-state index is 0. The molecule has 2 aliphatic rings. The number of halogens is 2. The van der Waals surface area contributed by atoms with Gasteiger partial charge in [-0.25, -0.2) is 0 Å². The number of alkyl halides is 2. The Bertz CT molecular complexity index is 885. The molecule has 26 heavy (non-hydrogen) atoms. The van der Waals surface area contributed by atoms with Crippen molar-refractivity contribution < 1.29 is 21.7 Å². The van der Waals surface area contributed by atoms with E-state index in [9.17, 15) is 0 Å². The smallest absolute Gasteiger partial charge is 0.114 e. The predicted molar refractivity (Wildman–Crippen MR) is 110 cm³/mol. The summed E-state index contributed by atoms with van der Waals surface area (Å²) in [5, 5.41) is 0. The number of benzene rings is 2. The molecule has 0 N–H and O–H groups in total. The summed E-state index contributed by atoms with van der Waals surface area (Å²) < 4.78 is -1.08. The van der Waals surface area contributed by atoms with Crippen molar-refractivity contribution in [3.8, 4) is 0 Å². The Hall–Kier alpha value is -0.569. The molecule has 0 saturated carbocycles. The van der Waals surface area contributed by atoms with Crippen LogP contribution in [0.15, 0.2) is 59.7 Å². The first-order valence-electron chi connectivity index (χ1n) is 8.53. The predicted octanol–water partition coefficient (Wildman–Crippen LogP) is 6.49. The first kappa shape index (κ1) is 20.2. The van der Waals surface area contributed by atoms with E-state index in [-0.39, 0.29) is 21.7 Å². The summed E-state index contributed by atoms with van der Waals surface area (Å²) in [5.74, 6) is 0. The van der Waals surface area contributed by atoms with E-state index in [0.717, 1.165) is 0 Å². The van der Waals surface area contributed by atoms with Gasteiger partial charge >= 0.3 is 0 Å². The van der Waals surface area contributed by atoms with Crippen LogP contribution < -0.4 is 0 Å². The number of allylic oxidation sites excluding steroid dienone is 4. The third kappa shape index (κ3) is 2.59. The van der Waals surface area contributed by atoms with Gasteiger partial charge in [0, 0.05) is 21.7 Å². The van der Waals surface area contributed by atoms with Crippen molar-refractivity contribution in [1.82, 2.24) is 0 Å². The van der Waals surface area contributed by atoms with Crippen molar-refractivity contribution in [3.63, 3.8) is 0 Å². The molecule has 4 heteroatoms. The van der Waals surface area contributed by atoms with Gasteiger partial charge in [-0.2, -0.15) is 0 Å². The molecule has 0 saturated heterocycles. The fraction of sp³-hybridized carbons (Fsp3) is 0.273. The molecule has 0 amide bonds. The van der Waals surface area contributed by atoms with Crippen molar-refractivity contribution in [2.75, 3.05) is 0 Å². The van der Waals surface area contributed by atoms with Gasteiger partial charge in [0.25, 0.3) is 0 Å². The number of hydrogen-bond donors (Lipinski definition) is 0. The summed E-state index contributed by atoms with van der Waals surface area (Å²) in [6.07, 6.45) is 0. The van der Waals surface area contributed by atoms with Crippen molar-refractivity contribution in [1.29, 1.82) is 0 Å². The summed E-state index contributed by atoms with van der Waals surface area (Å²) in [6.45, 7) is 8.64. The average molecular weight is 431 g/mol. The molecular weight excluding hydrogens is 411 g/mol. The fourth-order valence-electron chi connectivity index (χ4n) is 4.11. The van der Waals surface area contributed by atoms with Crippen LogP contribution in [0.25, 0.3) is 11.1 Å². The SMILES string of the molecule is CC1=C(C)C(Cl)([Si]C2(Cl)C(C)=C(C)c3ccccc32)c2ccccc21.[Ti]. The van der Waals surface area contributed by atoms with Gasteiger partial charge in [-0.15, -0.1) is 23.2 Å². The molecule has 2 aliphatic carbocycles. The summed E-state index contributed by atoms with van der Waals surface area (Å²) >= 11 is 14.7. The second-order valence-electron chi connectivity index (χ2n) is 7.03. The van der Waals surface area contributed by atoms with Crippen LogP contribution in [0.1, 0.15) is 49.9 Å². The van der Waals surface area contributed by atoms with Crippen molar-refractivity contribution in [2.45, 2.75) is 36.7 Å². The van der Waals surface area contributed by atoms with Crippen LogP contribution in [0.2, 0.25) is 0 Å². The number of rotatable bonds is 2. The van der Waals surface area contributed by atoms with Gasteiger partial charge in [0.1, 0.15) is 9.52 Å². The topological polar surface area (TPSA) is 0 Å². The normalized spacial score (nSPS) is 26.7. The van der Waals surface area contributed by atoms with Gasteiger partial charge in [0.15, 0.2) is 0 Å². The molecule has 2 radical (unpaired) electrons. The average Bonchev–Trinajstić information content (AvgIpc) is 2.93. The first-order chi connectivity index (χ1) is 11.8. The zero-order valence-electron chi connectivity index (χ0n) is 15.4. The van der Waals surface area contributed by atoms with E-state index in [0.29, 0.717) is 9.52 Å². The zero-order valence-corrected chi connectivity index (χ0v) is 19.4. The first-order valence-corrected chi connectivity index (χ1v) is 10.3. The molecule has 2 aromatic carbocycles. The third-order valence-corrected chi connectivity index (χ3v) is 9.43. The standard InChI is InChI=1S/C22H20Cl2Si.Ti/c1-13-15(3)21(23,19-11-7-5-9-17(13)19)25-22(24)16(4)14(2)18-10-6-8-12-20(18)22;/h5-12H,1-4H3;. The van der Waals surface area contributed by atoms with Gasteiger partial charge in [-0.1, -0.05) is 48.5 Å². The van der Waals surface area contributed by atoms with Gasteiger partial charge in [0.2, 0.25) is 0 Å². The molecule has 130 valence electrons. The Kier molecular flexibility index (Phi) is 5.27. The zero-order chi connectivity index (χ0) is 18.0. The summed E-state index contributed by atoms with van der Waals surface area (Å²) in [4.78, 5) is 0. The Balaban J connectivity index is 0.00000196. The van der Waals surface area contributed by atoms with Crippen LogP contribution >= 0.6 is 23.2 Å². The van der Waals surface area contributed by atoms with E-state index >= 15 is 0 Å². The Morgan fingerprint density at radius 3 is 1.38 bits per heavy atom. The van der Waals surface area contributed by atoms with Crippen molar-refractivity contribution >= 4 is 43.9 Å². The fourth-order valence-corrected chi connectivity index (χ4v) is 7.64. The quantitative estimate of drug-likeness (QED) is 0.377. The molecule has 2 unspecified atom stereocenters. The second kappa shape index (κ2) is 6.79. The van der Waals surface area contributed by atoms with Crippen LogP contribution in [0, 0.1) is 0 Å². The Morgan fingerprint density at radius 2 is 1.00 bits per heavy atom. The third-order valence-electron chi connectivity index (χ3n) is 5.91. The minimum atomic E-state index is -0.540. The van der Waals surface area contributed by atoms with Crippen LogP contribution in [0.3, 0.4) is 0 Å². The summed E-state index contributed by atoms with van der Waals surface area (Å²) in [6, 6.07) is 17.0. The van der Waals surface area contributed by atoms with Gasteiger partial charge in [-0.05, 0) is 72.2 Å². The van der Waals surface area contributed by atoms with Gasteiger partial charge in [0.05, 0.1) is 8.99 Å². The number of hydrogen-bond acceptors (Lipinski definition) is 0. The molecule has 2 aromatic rings. The molecule has 0 bridgehead atoms. The van der Waals surface area contributed by atoms with Crippen molar-refractivity contribution in [3.05, 3.63) is 81.9 Å². The maximum atomic E-state index is 7.34. The summed E-state index contributed by atoms with van der Waals surface area (Å²) in [5.41, 5.74) is 9.91. The van der Waals surface area contributed by atoms with Gasteiger partial charge in [-0.3, -0.25) is 0 Å². The van der Waals surface area contributed by atoms with E-state index in [4.69, 9.17) is 23.2 Å². The van der Waals surface area contributed by atoms with E-state index in [1.807, 2.05) is 0 Å². The van der Waals surface area contributed by atoms with E-state index in [1.165, 1.54) is 44.5 Å². The monoisotopic (exact) mass is 430 g/mol. The minimum Gasteiger partial charge on any atom is -0.114 e. The summed E-state index contributed by atoms with van der Waals surface area (Å²) in [7, 11) is 0.327. The molecule has 0 fully saturated rings. The maximum absolute atomic E-state index is 7.34. The van der Waals surface area contributed by atoms with Gasteiger partial charge < -0.3 is 0 Å². The Morgan fingerprint density at radius 1 is 0.654 bits per heavy atom. The molecule has 0 heterocycles. The van der Waals surface area contributed by atoms with Crippen molar-refractivity contribution in [2.24, 2.45) is 0 Å². The largest absolute Gasteiger partial charge is 0.118 e. The van der Waals surface area contributed by atoms with E-state index in [2.05, 4.69) is 76.2 Å².